The van der Waals surface area contributed by atoms with Gasteiger partial charge in [-0.15, -0.1) is 0 Å². The molecule has 0 spiro atoms. The van der Waals surface area contributed by atoms with Crippen LogP contribution < -0.4 is 0 Å². The third-order valence-corrected chi connectivity index (χ3v) is 2.34. The molecular weight excluding hydrogens is 230 g/mol. The predicted molar refractivity (Wildman–Crippen MR) is 54.8 cm³/mol. The van der Waals surface area contributed by atoms with Gasteiger partial charge < -0.3 is 0 Å². The van der Waals surface area contributed by atoms with Crippen molar-refractivity contribution in [1.82, 2.24) is 0 Å². The van der Waals surface area contributed by atoms with E-state index < -0.39 is 9.90 Å². The van der Waals surface area contributed by atoms with E-state index in [4.69, 9.17) is 34.8 Å². The minimum absolute atomic E-state index is 0.526. The summed E-state index contributed by atoms with van der Waals surface area (Å²) in [6.45, 7) is 1.55. The van der Waals surface area contributed by atoms with Crippen LogP contribution in [0, 0.1) is 0 Å². The average molecular weight is 239 g/mol. The number of alkyl halides is 3. The summed E-state index contributed by atoms with van der Waals surface area (Å²) in [5.74, 6) is 0. The van der Waals surface area contributed by atoms with Gasteiger partial charge in [0, 0.05) is 5.56 Å². The lowest BCUT2D eigenvalue weighted by molar-refractivity contribution is 0.106. The SMILES string of the molecule is CC([O])c1cccc(C(Cl)(Cl)Cl)c1. The molecule has 1 nitrogen and oxygen atoms in total. The van der Waals surface area contributed by atoms with Crippen LogP contribution in [-0.2, 0) is 8.90 Å². The topological polar surface area (TPSA) is 19.9 Å². The highest BCUT2D eigenvalue weighted by atomic mass is 35.6. The molecule has 1 rings (SSSR count). The standard InChI is InChI=1S/C9H8Cl3O/c1-6(13)7-3-2-4-8(5-7)9(10,11)12/h2-6H,1H3. The minimum Gasteiger partial charge on any atom is -0.228 e. The van der Waals surface area contributed by atoms with Crippen molar-refractivity contribution in [3.63, 3.8) is 0 Å². The van der Waals surface area contributed by atoms with Crippen LogP contribution in [0.25, 0.3) is 0 Å². The summed E-state index contributed by atoms with van der Waals surface area (Å²) < 4.78 is -1.45. The summed E-state index contributed by atoms with van der Waals surface area (Å²) in [6, 6.07) is 6.72. The molecule has 1 unspecified atom stereocenters. The fourth-order valence-corrected chi connectivity index (χ4v) is 1.32. The summed E-state index contributed by atoms with van der Waals surface area (Å²) >= 11 is 17.0. The highest BCUT2D eigenvalue weighted by molar-refractivity contribution is 6.66. The molecule has 1 radical (unpaired) electrons. The minimum atomic E-state index is -1.45. The van der Waals surface area contributed by atoms with E-state index in [1.165, 1.54) is 0 Å². The van der Waals surface area contributed by atoms with Crippen molar-refractivity contribution in [2.75, 3.05) is 0 Å². The van der Waals surface area contributed by atoms with Gasteiger partial charge >= 0.3 is 0 Å². The highest BCUT2D eigenvalue weighted by Crippen LogP contribution is 2.38. The first kappa shape index (κ1) is 11.1. The van der Waals surface area contributed by atoms with Crippen LogP contribution in [0.2, 0.25) is 0 Å². The lowest BCUT2D eigenvalue weighted by Gasteiger charge is -2.12. The molecule has 0 amide bonds. The van der Waals surface area contributed by atoms with Crippen molar-refractivity contribution < 1.29 is 5.11 Å². The van der Waals surface area contributed by atoms with Crippen LogP contribution >= 0.6 is 34.8 Å². The van der Waals surface area contributed by atoms with Gasteiger partial charge in [-0.25, -0.2) is 5.11 Å². The van der Waals surface area contributed by atoms with E-state index >= 15 is 0 Å². The monoisotopic (exact) mass is 237 g/mol. The van der Waals surface area contributed by atoms with Gasteiger partial charge in [-0.3, -0.25) is 0 Å². The quantitative estimate of drug-likeness (QED) is 0.659. The number of benzene rings is 1. The second-order valence-corrected chi connectivity index (χ2v) is 5.05. The lowest BCUT2D eigenvalue weighted by atomic mass is 10.1. The van der Waals surface area contributed by atoms with Gasteiger partial charge in [0.25, 0.3) is 0 Å². The fraction of sp³-hybridized carbons (Fsp3) is 0.333. The average Bonchev–Trinajstić information content (AvgIpc) is 2.03. The van der Waals surface area contributed by atoms with Gasteiger partial charge in [0.05, 0.1) is 0 Å². The van der Waals surface area contributed by atoms with Gasteiger partial charge in [-0.05, 0) is 18.6 Å². The Morgan fingerprint density at radius 2 is 1.92 bits per heavy atom. The summed E-state index contributed by atoms with van der Waals surface area (Å²) in [5.41, 5.74) is 1.15. The Kier molecular flexibility index (Phi) is 3.47. The molecule has 0 heterocycles. The van der Waals surface area contributed by atoms with E-state index in [-0.39, 0.29) is 0 Å². The molecule has 0 aromatic heterocycles. The van der Waals surface area contributed by atoms with Gasteiger partial charge in [0.15, 0.2) is 0 Å². The van der Waals surface area contributed by atoms with Crippen LogP contribution in [0.1, 0.15) is 24.2 Å². The Labute approximate surface area is 92.2 Å². The molecule has 1 atom stereocenters. The van der Waals surface area contributed by atoms with Crippen molar-refractivity contribution in [2.24, 2.45) is 0 Å². The molecule has 71 valence electrons. The van der Waals surface area contributed by atoms with Gasteiger partial charge in [0.1, 0.15) is 6.10 Å². The van der Waals surface area contributed by atoms with Crippen molar-refractivity contribution >= 4 is 34.8 Å². The molecular formula is C9H8Cl3O. The first-order valence-electron chi connectivity index (χ1n) is 3.74. The van der Waals surface area contributed by atoms with Crippen LogP contribution in [-0.4, -0.2) is 0 Å². The van der Waals surface area contributed by atoms with Crippen molar-refractivity contribution in [3.8, 4) is 0 Å². The molecule has 0 saturated carbocycles. The Hall–Kier alpha value is 0.0500. The van der Waals surface area contributed by atoms with Gasteiger partial charge in [-0.2, -0.15) is 0 Å². The van der Waals surface area contributed by atoms with Crippen molar-refractivity contribution in [1.29, 1.82) is 0 Å². The smallest absolute Gasteiger partial charge is 0.216 e. The molecule has 0 aliphatic rings. The van der Waals surface area contributed by atoms with E-state index in [0.717, 1.165) is 0 Å². The van der Waals surface area contributed by atoms with Crippen LogP contribution in [0.5, 0.6) is 0 Å². The predicted octanol–water partition coefficient (Wildman–Crippen LogP) is 4.00. The van der Waals surface area contributed by atoms with Crippen molar-refractivity contribution in [3.05, 3.63) is 35.4 Å². The summed E-state index contributed by atoms with van der Waals surface area (Å²) in [4.78, 5) is 0. The Bertz CT molecular complexity index is 291. The molecule has 4 heteroatoms. The third-order valence-electron chi connectivity index (χ3n) is 1.68. The Balaban J connectivity index is 3.06. The maximum Gasteiger partial charge on any atom is 0.216 e. The molecule has 0 N–H and O–H groups in total. The molecule has 0 saturated heterocycles. The summed E-state index contributed by atoms with van der Waals surface area (Å²) in [7, 11) is 0. The molecule has 1 aromatic rings. The van der Waals surface area contributed by atoms with E-state index in [1.807, 2.05) is 0 Å². The second-order valence-electron chi connectivity index (χ2n) is 2.77. The van der Waals surface area contributed by atoms with Gasteiger partial charge in [0.2, 0.25) is 3.79 Å². The molecule has 0 bridgehead atoms. The Morgan fingerprint density at radius 3 is 2.38 bits per heavy atom. The van der Waals surface area contributed by atoms with E-state index in [9.17, 15) is 5.11 Å². The number of rotatable bonds is 1. The van der Waals surface area contributed by atoms with Gasteiger partial charge in [-0.1, -0.05) is 53.0 Å². The van der Waals surface area contributed by atoms with E-state index in [2.05, 4.69) is 0 Å². The van der Waals surface area contributed by atoms with Crippen LogP contribution in [0.3, 0.4) is 0 Å². The molecule has 0 aliphatic heterocycles. The third kappa shape index (κ3) is 3.03. The summed E-state index contributed by atoms with van der Waals surface area (Å²) in [6.07, 6.45) is -0.799. The lowest BCUT2D eigenvalue weighted by Crippen LogP contribution is -2.01. The van der Waals surface area contributed by atoms with Crippen LogP contribution in [0.4, 0.5) is 0 Å². The normalized spacial score (nSPS) is 14.2. The molecule has 1 aromatic carbocycles. The largest absolute Gasteiger partial charge is 0.228 e. The molecule has 13 heavy (non-hydrogen) atoms. The first-order chi connectivity index (χ1) is 5.91. The maximum absolute atomic E-state index is 11.1. The zero-order valence-corrected chi connectivity index (χ0v) is 9.20. The molecule has 0 fully saturated rings. The highest BCUT2D eigenvalue weighted by Gasteiger charge is 2.23. The Morgan fingerprint density at radius 1 is 1.31 bits per heavy atom. The zero-order valence-electron chi connectivity index (χ0n) is 6.93. The first-order valence-corrected chi connectivity index (χ1v) is 4.87. The zero-order chi connectivity index (χ0) is 10.1. The number of hydrogen-bond acceptors (Lipinski definition) is 0. The van der Waals surface area contributed by atoms with Crippen molar-refractivity contribution in [2.45, 2.75) is 16.8 Å². The number of halogens is 3. The van der Waals surface area contributed by atoms with E-state index in [1.54, 1.807) is 31.2 Å². The number of hydrogen-bond donors (Lipinski definition) is 0. The van der Waals surface area contributed by atoms with E-state index in [0.29, 0.717) is 11.1 Å². The van der Waals surface area contributed by atoms with Crippen LogP contribution in [0.15, 0.2) is 24.3 Å². The fourth-order valence-electron chi connectivity index (χ4n) is 0.968. The summed E-state index contributed by atoms with van der Waals surface area (Å²) in [5, 5.41) is 11.1. The second kappa shape index (κ2) is 4.05. The maximum atomic E-state index is 11.1. The molecule has 0 aliphatic carbocycles.